The predicted molar refractivity (Wildman–Crippen MR) is 102 cm³/mol. The number of nitrogens with one attached hydrogen (secondary N) is 2. The van der Waals surface area contributed by atoms with Crippen molar-refractivity contribution in [3.05, 3.63) is 71.1 Å². The van der Waals surface area contributed by atoms with Gasteiger partial charge in [0.05, 0.1) is 7.11 Å². The Morgan fingerprint density at radius 2 is 1.88 bits per heavy atom. The summed E-state index contributed by atoms with van der Waals surface area (Å²) >= 11 is 6.13. The summed E-state index contributed by atoms with van der Waals surface area (Å²) in [7, 11) is 1.59. The second-order valence-corrected chi connectivity index (χ2v) is 5.92. The average Bonchev–Trinajstić information content (AvgIpc) is 2.66. The second kappa shape index (κ2) is 7.84. The van der Waals surface area contributed by atoms with Crippen LogP contribution in [0.2, 0.25) is 5.02 Å². The highest BCUT2D eigenvalue weighted by atomic mass is 35.5. The summed E-state index contributed by atoms with van der Waals surface area (Å²) in [6.45, 7) is 1.91. The van der Waals surface area contributed by atoms with E-state index in [1.165, 1.54) is 6.33 Å². The zero-order valence-electron chi connectivity index (χ0n) is 14.3. The summed E-state index contributed by atoms with van der Waals surface area (Å²) in [6, 6.07) is 14.2. The fourth-order valence-electron chi connectivity index (χ4n) is 2.30. The highest BCUT2D eigenvalue weighted by Gasteiger charge is 2.10. The summed E-state index contributed by atoms with van der Waals surface area (Å²) in [4.78, 5) is 20.6. The normalized spacial score (nSPS) is 10.3. The number of amides is 1. The summed E-state index contributed by atoms with van der Waals surface area (Å²) < 4.78 is 5.10. The van der Waals surface area contributed by atoms with Crippen LogP contribution in [0, 0.1) is 6.92 Å². The lowest BCUT2D eigenvalue weighted by atomic mass is 10.2. The Labute approximate surface area is 156 Å². The van der Waals surface area contributed by atoms with Crippen molar-refractivity contribution in [1.29, 1.82) is 0 Å². The molecule has 0 fully saturated rings. The molecular formula is C19H17ClN4O2. The molecule has 1 amide bonds. The highest BCUT2D eigenvalue weighted by Crippen LogP contribution is 2.25. The molecule has 0 saturated carbocycles. The van der Waals surface area contributed by atoms with Gasteiger partial charge < -0.3 is 15.4 Å². The number of hydrogen-bond acceptors (Lipinski definition) is 5. The smallest absolute Gasteiger partial charge is 0.274 e. The number of nitrogens with zero attached hydrogens (tertiary/aromatic N) is 2. The maximum atomic E-state index is 12.4. The maximum absolute atomic E-state index is 12.4. The average molecular weight is 369 g/mol. The van der Waals surface area contributed by atoms with Gasteiger partial charge in [0.1, 0.15) is 23.6 Å². The molecule has 1 heterocycles. The van der Waals surface area contributed by atoms with Crippen LogP contribution in [0.25, 0.3) is 0 Å². The Balaban J connectivity index is 1.75. The fourth-order valence-corrected chi connectivity index (χ4v) is 2.47. The Morgan fingerprint density at radius 3 is 2.62 bits per heavy atom. The lowest BCUT2D eigenvalue weighted by molar-refractivity contribution is 0.102. The van der Waals surface area contributed by atoms with Gasteiger partial charge in [-0.15, -0.1) is 0 Å². The molecule has 0 radical (unpaired) electrons. The van der Waals surface area contributed by atoms with Gasteiger partial charge >= 0.3 is 0 Å². The first-order valence-corrected chi connectivity index (χ1v) is 8.24. The Kier molecular flexibility index (Phi) is 5.34. The fraction of sp³-hybridized carbons (Fsp3) is 0.105. The molecule has 0 aliphatic rings. The molecule has 0 aliphatic heterocycles. The van der Waals surface area contributed by atoms with Crippen LogP contribution in [0.5, 0.6) is 5.75 Å². The molecule has 3 rings (SSSR count). The zero-order chi connectivity index (χ0) is 18.5. The van der Waals surface area contributed by atoms with E-state index in [0.717, 1.165) is 11.3 Å². The van der Waals surface area contributed by atoms with E-state index in [4.69, 9.17) is 16.3 Å². The van der Waals surface area contributed by atoms with Gasteiger partial charge in [0.15, 0.2) is 0 Å². The molecule has 2 N–H and O–H groups in total. The van der Waals surface area contributed by atoms with Crippen LogP contribution in [0.4, 0.5) is 17.2 Å². The van der Waals surface area contributed by atoms with Gasteiger partial charge in [-0.2, -0.15) is 0 Å². The number of hydrogen-bond donors (Lipinski definition) is 2. The van der Waals surface area contributed by atoms with Crippen LogP contribution in [-0.4, -0.2) is 23.0 Å². The van der Waals surface area contributed by atoms with E-state index in [1.54, 1.807) is 37.4 Å². The molecule has 26 heavy (non-hydrogen) atoms. The van der Waals surface area contributed by atoms with Crippen molar-refractivity contribution in [3.8, 4) is 5.75 Å². The quantitative estimate of drug-likeness (QED) is 0.696. The molecule has 0 bridgehead atoms. The molecule has 132 valence electrons. The van der Waals surface area contributed by atoms with Crippen LogP contribution < -0.4 is 15.4 Å². The summed E-state index contributed by atoms with van der Waals surface area (Å²) in [6.07, 6.45) is 1.34. The summed E-state index contributed by atoms with van der Waals surface area (Å²) in [5, 5.41) is 6.60. The van der Waals surface area contributed by atoms with Crippen molar-refractivity contribution < 1.29 is 9.53 Å². The Morgan fingerprint density at radius 1 is 1.12 bits per heavy atom. The minimum Gasteiger partial charge on any atom is -0.497 e. The van der Waals surface area contributed by atoms with Crippen LogP contribution in [0.3, 0.4) is 0 Å². The lowest BCUT2D eigenvalue weighted by Gasteiger charge is -2.11. The van der Waals surface area contributed by atoms with Crippen LogP contribution >= 0.6 is 11.6 Å². The molecule has 0 aliphatic carbocycles. The van der Waals surface area contributed by atoms with E-state index in [1.807, 2.05) is 25.1 Å². The first kappa shape index (κ1) is 17.7. The van der Waals surface area contributed by atoms with Crippen molar-refractivity contribution in [3.63, 3.8) is 0 Å². The number of ether oxygens (including phenoxy) is 1. The molecule has 1 aromatic heterocycles. The third kappa shape index (κ3) is 4.10. The number of halogens is 1. The number of carbonyl (C=O) groups excluding carboxylic acids is 1. The molecule has 2 aromatic carbocycles. The first-order chi connectivity index (χ1) is 12.6. The molecule has 0 saturated heterocycles. The molecular weight excluding hydrogens is 352 g/mol. The Hall–Kier alpha value is -3.12. The van der Waals surface area contributed by atoms with Crippen molar-refractivity contribution in [2.24, 2.45) is 0 Å². The molecule has 0 atom stereocenters. The third-order valence-corrected chi connectivity index (χ3v) is 4.19. The van der Waals surface area contributed by atoms with Gasteiger partial charge in [0, 0.05) is 22.5 Å². The van der Waals surface area contributed by atoms with E-state index in [9.17, 15) is 4.79 Å². The van der Waals surface area contributed by atoms with Crippen LogP contribution in [0.1, 0.15) is 16.1 Å². The molecule has 7 heteroatoms. The van der Waals surface area contributed by atoms with E-state index in [2.05, 4.69) is 20.6 Å². The summed E-state index contributed by atoms with van der Waals surface area (Å²) in [5.74, 6) is 0.891. The predicted octanol–water partition coefficient (Wildman–Crippen LogP) is 4.44. The number of anilines is 3. The van der Waals surface area contributed by atoms with Crippen molar-refractivity contribution >= 4 is 34.7 Å². The molecule has 0 unspecified atom stereocenters. The Bertz CT molecular complexity index is 929. The molecule has 0 spiro atoms. The minimum absolute atomic E-state index is 0.248. The number of methoxy groups -OCH3 is 1. The van der Waals surface area contributed by atoms with E-state index >= 15 is 0 Å². The largest absolute Gasteiger partial charge is 0.497 e. The first-order valence-electron chi connectivity index (χ1n) is 7.86. The van der Waals surface area contributed by atoms with E-state index in [0.29, 0.717) is 22.3 Å². The van der Waals surface area contributed by atoms with Gasteiger partial charge in [0.25, 0.3) is 5.91 Å². The number of benzene rings is 2. The van der Waals surface area contributed by atoms with Gasteiger partial charge in [-0.1, -0.05) is 17.7 Å². The minimum atomic E-state index is -0.330. The van der Waals surface area contributed by atoms with Crippen molar-refractivity contribution in [2.45, 2.75) is 6.92 Å². The topological polar surface area (TPSA) is 76.1 Å². The zero-order valence-corrected chi connectivity index (χ0v) is 15.0. The second-order valence-electron chi connectivity index (χ2n) is 5.51. The van der Waals surface area contributed by atoms with E-state index < -0.39 is 0 Å². The van der Waals surface area contributed by atoms with E-state index in [-0.39, 0.29) is 11.6 Å². The standard InChI is InChI=1S/C19H17ClN4O2/c1-12-15(20)4-3-5-16(12)24-18-10-17(21-11-22-18)19(25)23-13-6-8-14(26-2)9-7-13/h3-11H,1-2H3,(H,23,25)(H,21,22,24). The lowest BCUT2D eigenvalue weighted by Crippen LogP contribution is -2.14. The number of rotatable bonds is 5. The van der Waals surface area contributed by atoms with Gasteiger partial charge in [-0.3, -0.25) is 4.79 Å². The maximum Gasteiger partial charge on any atom is 0.274 e. The number of aromatic nitrogens is 2. The van der Waals surface area contributed by atoms with Gasteiger partial charge in [-0.05, 0) is 48.9 Å². The highest BCUT2D eigenvalue weighted by molar-refractivity contribution is 6.31. The van der Waals surface area contributed by atoms with Crippen molar-refractivity contribution in [2.75, 3.05) is 17.7 Å². The SMILES string of the molecule is COc1ccc(NC(=O)c2cc(Nc3cccc(Cl)c3C)ncn2)cc1. The van der Waals surface area contributed by atoms with Gasteiger partial charge in [-0.25, -0.2) is 9.97 Å². The van der Waals surface area contributed by atoms with Gasteiger partial charge in [0.2, 0.25) is 0 Å². The van der Waals surface area contributed by atoms with Crippen molar-refractivity contribution in [1.82, 2.24) is 9.97 Å². The third-order valence-electron chi connectivity index (χ3n) is 3.78. The monoisotopic (exact) mass is 368 g/mol. The molecule has 3 aromatic rings. The molecule has 6 nitrogen and oxygen atoms in total. The number of carbonyl (C=O) groups is 1. The van der Waals surface area contributed by atoms with Crippen LogP contribution in [0.15, 0.2) is 54.9 Å². The summed E-state index contributed by atoms with van der Waals surface area (Å²) in [5.41, 5.74) is 2.61. The van der Waals surface area contributed by atoms with Crippen LogP contribution in [-0.2, 0) is 0 Å².